The summed E-state index contributed by atoms with van der Waals surface area (Å²) >= 11 is 0. The highest BCUT2D eigenvalue weighted by Gasteiger charge is 2.16. The second kappa shape index (κ2) is 5.76. The van der Waals surface area contributed by atoms with Crippen molar-refractivity contribution in [2.45, 2.75) is 26.2 Å². The summed E-state index contributed by atoms with van der Waals surface area (Å²) in [5.74, 6) is 0.774. The molecule has 0 bridgehead atoms. The van der Waals surface area contributed by atoms with Gasteiger partial charge in [-0.25, -0.2) is 0 Å². The lowest BCUT2D eigenvalue weighted by atomic mass is 10.1. The van der Waals surface area contributed by atoms with Crippen molar-refractivity contribution in [2.24, 2.45) is 0 Å². The molecule has 1 aliphatic heterocycles. The van der Waals surface area contributed by atoms with Gasteiger partial charge < -0.3 is 15.4 Å². The summed E-state index contributed by atoms with van der Waals surface area (Å²) in [4.78, 5) is 13.8. The summed E-state index contributed by atoms with van der Waals surface area (Å²) in [5.41, 5.74) is 7.44. The summed E-state index contributed by atoms with van der Waals surface area (Å²) in [7, 11) is 0. The van der Waals surface area contributed by atoms with E-state index in [-0.39, 0.29) is 12.5 Å². The van der Waals surface area contributed by atoms with E-state index >= 15 is 0 Å². The number of carbonyl (C=O) groups excluding carboxylic acids is 1. The SMILES string of the molecule is Cc1cc(OCC(=O)N2CCCCC2)ccc1N. The average Bonchev–Trinajstić information content (AvgIpc) is 2.41. The van der Waals surface area contributed by atoms with Crippen LogP contribution in [-0.2, 0) is 4.79 Å². The minimum absolute atomic E-state index is 0.0733. The Labute approximate surface area is 108 Å². The molecule has 1 fully saturated rings. The van der Waals surface area contributed by atoms with Crippen LogP contribution in [0.15, 0.2) is 18.2 Å². The number of aryl methyl sites for hydroxylation is 1. The van der Waals surface area contributed by atoms with Crippen molar-refractivity contribution >= 4 is 11.6 Å². The number of piperidine rings is 1. The lowest BCUT2D eigenvalue weighted by molar-refractivity contribution is -0.134. The van der Waals surface area contributed by atoms with Crippen LogP contribution in [0.5, 0.6) is 5.75 Å². The monoisotopic (exact) mass is 248 g/mol. The number of likely N-dealkylation sites (tertiary alicyclic amines) is 1. The number of anilines is 1. The molecule has 1 heterocycles. The Morgan fingerprint density at radius 3 is 2.72 bits per heavy atom. The lowest BCUT2D eigenvalue weighted by Crippen LogP contribution is -2.38. The number of nitrogens with two attached hydrogens (primary N) is 1. The maximum Gasteiger partial charge on any atom is 0.260 e. The van der Waals surface area contributed by atoms with E-state index in [1.165, 1.54) is 6.42 Å². The first-order valence-electron chi connectivity index (χ1n) is 6.43. The summed E-state index contributed by atoms with van der Waals surface area (Å²) in [6, 6.07) is 5.46. The fourth-order valence-corrected chi connectivity index (χ4v) is 2.12. The van der Waals surface area contributed by atoms with Crippen LogP contribution in [0.2, 0.25) is 0 Å². The summed E-state index contributed by atoms with van der Waals surface area (Å²) in [6.07, 6.45) is 3.43. The molecule has 1 saturated heterocycles. The van der Waals surface area contributed by atoms with E-state index in [2.05, 4.69) is 0 Å². The van der Waals surface area contributed by atoms with Gasteiger partial charge in [0.05, 0.1) is 0 Å². The predicted octanol–water partition coefficient (Wildman–Crippen LogP) is 1.97. The second-order valence-corrected chi connectivity index (χ2v) is 4.75. The topological polar surface area (TPSA) is 55.6 Å². The van der Waals surface area contributed by atoms with Gasteiger partial charge >= 0.3 is 0 Å². The molecule has 0 unspecified atom stereocenters. The van der Waals surface area contributed by atoms with Crippen molar-refractivity contribution in [3.05, 3.63) is 23.8 Å². The van der Waals surface area contributed by atoms with Crippen molar-refractivity contribution in [3.8, 4) is 5.75 Å². The van der Waals surface area contributed by atoms with Crippen molar-refractivity contribution in [1.82, 2.24) is 4.90 Å². The Morgan fingerprint density at radius 2 is 2.06 bits per heavy atom. The molecule has 2 rings (SSSR count). The van der Waals surface area contributed by atoms with Crippen molar-refractivity contribution in [1.29, 1.82) is 0 Å². The molecule has 18 heavy (non-hydrogen) atoms. The van der Waals surface area contributed by atoms with Gasteiger partial charge in [-0.2, -0.15) is 0 Å². The fourth-order valence-electron chi connectivity index (χ4n) is 2.12. The molecule has 0 spiro atoms. The molecule has 0 saturated carbocycles. The minimum atomic E-state index is 0.0733. The number of nitrogens with zero attached hydrogens (tertiary/aromatic N) is 1. The van der Waals surface area contributed by atoms with Crippen LogP contribution in [0.25, 0.3) is 0 Å². The second-order valence-electron chi connectivity index (χ2n) is 4.75. The molecule has 98 valence electrons. The van der Waals surface area contributed by atoms with E-state index in [9.17, 15) is 4.79 Å². The Kier molecular flexibility index (Phi) is 4.07. The average molecular weight is 248 g/mol. The molecular formula is C14H20N2O2. The number of rotatable bonds is 3. The molecule has 0 radical (unpaired) electrons. The Morgan fingerprint density at radius 1 is 1.33 bits per heavy atom. The first-order valence-corrected chi connectivity index (χ1v) is 6.43. The predicted molar refractivity (Wildman–Crippen MR) is 71.5 cm³/mol. The molecule has 2 N–H and O–H groups in total. The molecule has 4 nitrogen and oxygen atoms in total. The van der Waals surface area contributed by atoms with Crippen molar-refractivity contribution < 1.29 is 9.53 Å². The Bertz CT molecular complexity index is 426. The van der Waals surface area contributed by atoms with Crippen LogP contribution in [0.3, 0.4) is 0 Å². The standard InChI is InChI=1S/C14H20N2O2/c1-11-9-12(5-6-13(11)15)18-10-14(17)16-7-3-2-4-8-16/h5-6,9H,2-4,7-8,10,15H2,1H3. The van der Waals surface area contributed by atoms with Crippen LogP contribution in [0, 0.1) is 6.92 Å². The highest BCUT2D eigenvalue weighted by atomic mass is 16.5. The van der Waals surface area contributed by atoms with Crippen LogP contribution >= 0.6 is 0 Å². The zero-order valence-electron chi connectivity index (χ0n) is 10.8. The van der Waals surface area contributed by atoms with Gasteiger partial charge in [0.25, 0.3) is 5.91 Å². The minimum Gasteiger partial charge on any atom is -0.484 e. The maximum atomic E-state index is 11.9. The zero-order valence-corrected chi connectivity index (χ0v) is 10.8. The van der Waals surface area contributed by atoms with Crippen molar-refractivity contribution in [3.63, 3.8) is 0 Å². The van der Waals surface area contributed by atoms with Gasteiger partial charge in [0.1, 0.15) is 5.75 Å². The zero-order chi connectivity index (χ0) is 13.0. The van der Waals surface area contributed by atoms with Crippen LogP contribution < -0.4 is 10.5 Å². The van der Waals surface area contributed by atoms with Gasteiger partial charge in [0.15, 0.2) is 6.61 Å². The number of hydrogen-bond acceptors (Lipinski definition) is 3. The van der Waals surface area contributed by atoms with E-state index in [4.69, 9.17) is 10.5 Å². The third kappa shape index (κ3) is 3.15. The highest BCUT2D eigenvalue weighted by molar-refractivity contribution is 5.77. The summed E-state index contributed by atoms with van der Waals surface area (Å²) in [6.45, 7) is 3.77. The number of ether oxygens (including phenoxy) is 1. The number of carbonyl (C=O) groups is 1. The van der Waals surface area contributed by atoms with E-state index in [0.29, 0.717) is 5.75 Å². The summed E-state index contributed by atoms with van der Waals surface area (Å²) in [5, 5.41) is 0. The van der Waals surface area contributed by atoms with E-state index < -0.39 is 0 Å². The molecule has 0 atom stereocenters. The van der Waals surface area contributed by atoms with Gasteiger partial charge in [0, 0.05) is 18.8 Å². The molecular weight excluding hydrogens is 228 g/mol. The Balaban J connectivity index is 1.86. The van der Waals surface area contributed by atoms with Crippen LogP contribution in [-0.4, -0.2) is 30.5 Å². The molecule has 1 aliphatic rings. The molecule has 4 heteroatoms. The van der Waals surface area contributed by atoms with Gasteiger partial charge in [0.2, 0.25) is 0 Å². The maximum absolute atomic E-state index is 11.9. The van der Waals surface area contributed by atoms with Crippen LogP contribution in [0.4, 0.5) is 5.69 Å². The van der Waals surface area contributed by atoms with Gasteiger partial charge in [-0.15, -0.1) is 0 Å². The number of nitrogen functional groups attached to an aromatic ring is 1. The lowest BCUT2D eigenvalue weighted by Gasteiger charge is -2.26. The van der Waals surface area contributed by atoms with Crippen LogP contribution in [0.1, 0.15) is 24.8 Å². The molecule has 1 amide bonds. The Hall–Kier alpha value is -1.71. The van der Waals surface area contributed by atoms with Gasteiger partial charge in [-0.05, 0) is 49.9 Å². The summed E-state index contributed by atoms with van der Waals surface area (Å²) < 4.78 is 5.51. The normalized spacial score (nSPS) is 15.5. The highest BCUT2D eigenvalue weighted by Crippen LogP contribution is 2.18. The third-order valence-corrected chi connectivity index (χ3v) is 3.31. The molecule has 1 aromatic carbocycles. The largest absolute Gasteiger partial charge is 0.484 e. The number of benzene rings is 1. The third-order valence-electron chi connectivity index (χ3n) is 3.31. The molecule has 1 aromatic rings. The van der Waals surface area contributed by atoms with Crippen molar-refractivity contribution in [2.75, 3.05) is 25.4 Å². The first-order chi connectivity index (χ1) is 8.66. The van der Waals surface area contributed by atoms with Gasteiger partial charge in [-0.1, -0.05) is 0 Å². The quantitative estimate of drug-likeness (QED) is 0.832. The van der Waals surface area contributed by atoms with E-state index in [1.54, 1.807) is 12.1 Å². The first kappa shape index (κ1) is 12.7. The fraction of sp³-hybridized carbons (Fsp3) is 0.500. The smallest absolute Gasteiger partial charge is 0.260 e. The van der Waals surface area contributed by atoms with E-state index in [0.717, 1.165) is 37.2 Å². The van der Waals surface area contributed by atoms with Gasteiger partial charge in [-0.3, -0.25) is 4.79 Å². The number of amides is 1. The number of hydrogen-bond donors (Lipinski definition) is 1. The molecule has 0 aliphatic carbocycles. The molecule has 0 aromatic heterocycles. The van der Waals surface area contributed by atoms with E-state index in [1.807, 2.05) is 17.9 Å².